The summed E-state index contributed by atoms with van der Waals surface area (Å²) in [5.41, 5.74) is 0.776. The van der Waals surface area contributed by atoms with Gasteiger partial charge in [-0.05, 0) is 35.0 Å². The number of hydrogen-bond acceptors (Lipinski definition) is 3. The Morgan fingerprint density at radius 3 is 2.39 bits per heavy atom. The molecule has 6 heteroatoms. The zero-order chi connectivity index (χ0) is 16.4. The van der Waals surface area contributed by atoms with Crippen LogP contribution in [0.2, 0.25) is 0 Å². The zero-order valence-corrected chi connectivity index (χ0v) is 12.7. The van der Waals surface area contributed by atoms with Crippen LogP contribution in [0.5, 0.6) is 0 Å². The molecule has 0 saturated carbocycles. The molecule has 3 rings (SSSR count). The van der Waals surface area contributed by atoms with Crippen LogP contribution in [0.1, 0.15) is 10.4 Å². The monoisotopic (exact) mass is 327 g/mol. The van der Waals surface area contributed by atoms with Gasteiger partial charge in [-0.1, -0.05) is 42.5 Å². The summed E-state index contributed by atoms with van der Waals surface area (Å²) < 4.78 is 31.4. The van der Waals surface area contributed by atoms with Gasteiger partial charge in [0, 0.05) is 11.3 Å². The standard InChI is InChI=1S/C17H13NO4S/c19-17(16-10-3-6-12-5-1-2-9-15(12)16)18-13-7-4-8-14(11-13)23(20,21)22/h1-11H,(H,18,19)(H,20,21,22). The predicted octanol–water partition coefficient (Wildman–Crippen LogP) is 3.34. The summed E-state index contributed by atoms with van der Waals surface area (Å²) in [5.74, 6) is -0.353. The second kappa shape index (κ2) is 5.83. The molecule has 5 nitrogen and oxygen atoms in total. The van der Waals surface area contributed by atoms with Crippen molar-refractivity contribution >= 4 is 32.5 Å². The van der Waals surface area contributed by atoms with Crippen molar-refractivity contribution in [3.63, 3.8) is 0 Å². The minimum atomic E-state index is -4.31. The summed E-state index contributed by atoms with van der Waals surface area (Å²) in [6, 6.07) is 18.3. The van der Waals surface area contributed by atoms with Gasteiger partial charge >= 0.3 is 0 Å². The van der Waals surface area contributed by atoms with E-state index in [0.717, 1.165) is 10.8 Å². The molecule has 3 aromatic carbocycles. The predicted molar refractivity (Wildman–Crippen MR) is 88.2 cm³/mol. The Kier molecular flexibility index (Phi) is 3.85. The van der Waals surface area contributed by atoms with E-state index in [1.54, 1.807) is 18.2 Å². The lowest BCUT2D eigenvalue weighted by Crippen LogP contribution is -2.12. The maximum Gasteiger partial charge on any atom is 0.294 e. The summed E-state index contributed by atoms with van der Waals surface area (Å²) in [7, 11) is -4.31. The van der Waals surface area contributed by atoms with Crippen molar-refractivity contribution in [2.24, 2.45) is 0 Å². The maximum absolute atomic E-state index is 12.5. The van der Waals surface area contributed by atoms with E-state index in [2.05, 4.69) is 5.32 Å². The maximum atomic E-state index is 12.5. The van der Waals surface area contributed by atoms with Crippen LogP contribution in [0.15, 0.2) is 71.6 Å². The number of amides is 1. The van der Waals surface area contributed by atoms with Crippen LogP contribution in [-0.4, -0.2) is 18.9 Å². The Hall–Kier alpha value is -2.70. The van der Waals surface area contributed by atoms with Crippen LogP contribution in [0, 0.1) is 0 Å². The second-order valence-electron chi connectivity index (χ2n) is 4.98. The molecule has 0 radical (unpaired) electrons. The van der Waals surface area contributed by atoms with Crippen LogP contribution in [0.4, 0.5) is 5.69 Å². The van der Waals surface area contributed by atoms with Crippen molar-refractivity contribution in [3.05, 3.63) is 72.3 Å². The molecule has 0 heterocycles. The Morgan fingerprint density at radius 1 is 0.913 bits per heavy atom. The number of anilines is 1. The fourth-order valence-corrected chi connectivity index (χ4v) is 2.88. The molecule has 0 aliphatic rings. The van der Waals surface area contributed by atoms with E-state index in [1.807, 2.05) is 30.3 Å². The second-order valence-corrected chi connectivity index (χ2v) is 6.41. The number of carbonyl (C=O) groups excluding carboxylic acids is 1. The van der Waals surface area contributed by atoms with E-state index in [-0.39, 0.29) is 16.5 Å². The normalized spacial score (nSPS) is 11.3. The Bertz CT molecular complexity index is 991. The van der Waals surface area contributed by atoms with E-state index in [1.165, 1.54) is 18.2 Å². The van der Waals surface area contributed by atoms with Gasteiger partial charge in [0.25, 0.3) is 16.0 Å². The molecule has 0 fully saturated rings. The lowest BCUT2D eigenvalue weighted by atomic mass is 10.0. The largest absolute Gasteiger partial charge is 0.322 e. The van der Waals surface area contributed by atoms with Gasteiger partial charge in [0.15, 0.2) is 0 Å². The molecule has 116 valence electrons. The number of hydrogen-bond donors (Lipinski definition) is 2. The number of carbonyl (C=O) groups is 1. The van der Waals surface area contributed by atoms with Crippen molar-refractivity contribution in [2.45, 2.75) is 4.90 Å². The van der Waals surface area contributed by atoms with Crippen molar-refractivity contribution in [2.75, 3.05) is 5.32 Å². The summed E-state index contributed by atoms with van der Waals surface area (Å²) in [4.78, 5) is 12.2. The molecular formula is C17H13NO4S. The fourth-order valence-electron chi connectivity index (χ4n) is 2.36. The van der Waals surface area contributed by atoms with E-state index >= 15 is 0 Å². The molecule has 0 aromatic heterocycles. The van der Waals surface area contributed by atoms with E-state index < -0.39 is 10.1 Å². The Morgan fingerprint density at radius 2 is 1.61 bits per heavy atom. The number of benzene rings is 3. The molecule has 0 aliphatic heterocycles. The SMILES string of the molecule is O=C(Nc1cccc(S(=O)(=O)O)c1)c1cccc2ccccc12. The quantitative estimate of drug-likeness (QED) is 0.723. The number of nitrogens with one attached hydrogen (secondary N) is 1. The highest BCUT2D eigenvalue weighted by Gasteiger charge is 2.13. The van der Waals surface area contributed by atoms with Gasteiger partial charge in [-0.2, -0.15) is 8.42 Å². The van der Waals surface area contributed by atoms with Crippen molar-refractivity contribution in [3.8, 4) is 0 Å². The average Bonchev–Trinajstić information content (AvgIpc) is 2.53. The average molecular weight is 327 g/mol. The molecule has 0 aliphatic carbocycles. The molecule has 23 heavy (non-hydrogen) atoms. The van der Waals surface area contributed by atoms with E-state index in [9.17, 15) is 13.2 Å². The lowest BCUT2D eigenvalue weighted by molar-refractivity contribution is 0.102. The fraction of sp³-hybridized carbons (Fsp3) is 0. The summed E-state index contributed by atoms with van der Waals surface area (Å²) >= 11 is 0. The van der Waals surface area contributed by atoms with Gasteiger partial charge in [0.05, 0.1) is 4.90 Å². The third-order valence-electron chi connectivity index (χ3n) is 3.42. The molecule has 0 unspecified atom stereocenters. The summed E-state index contributed by atoms with van der Waals surface area (Å²) in [5, 5.41) is 4.39. The van der Waals surface area contributed by atoms with Crippen LogP contribution in [0.3, 0.4) is 0 Å². The van der Waals surface area contributed by atoms with Gasteiger partial charge in [-0.3, -0.25) is 9.35 Å². The minimum absolute atomic E-state index is 0.270. The van der Waals surface area contributed by atoms with Gasteiger partial charge < -0.3 is 5.32 Å². The van der Waals surface area contributed by atoms with Crippen LogP contribution < -0.4 is 5.32 Å². The molecule has 3 aromatic rings. The third kappa shape index (κ3) is 3.23. The first kappa shape index (κ1) is 15.2. The molecule has 0 saturated heterocycles. The van der Waals surface area contributed by atoms with Crippen molar-refractivity contribution < 1.29 is 17.8 Å². The first-order valence-corrected chi connectivity index (χ1v) is 8.26. The van der Waals surface area contributed by atoms with Crippen LogP contribution in [-0.2, 0) is 10.1 Å². The Balaban J connectivity index is 1.96. The highest BCUT2D eigenvalue weighted by Crippen LogP contribution is 2.21. The first-order valence-electron chi connectivity index (χ1n) is 6.82. The van der Waals surface area contributed by atoms with Crippen molar-refractivity contribution in [1.29, 1.82) is 0 Å². The molecule has 2 N–H and O–H groups in total. The van der Waals surface area contributed by atoms with Crippen molar-refractivity contribution in [1.82, 2.24) is 0 Å². The first-order chi connectivity index (χ1) is 10.9. The Labute approximate surface area is 133 Å². The van der Waals surface area contributed by atoms with Gasteiger partial charge in [-0.25, -0.2) is 0 Å². The topological polar surface area (TPSA) is 83.5 Å². The van der Waals surface area contributed by atoms with Crippen LogP contribution >= 0.6 is 0 Å². The number of fused-ring (bicyclic) bond motifs is 1. The van der Waals surface area contributed by atoms with Crippen LogP contribution in [0.25, 0.3) is 10.8 Å². The summed E-state index contributed by atoms with van der Waals surface area (Å²) in [6.45, 7) is 0. The van der Waals surface area contributed by atoms with Gasteiger partial charge in [0.1, 0.15) is 0 Å². The smallest absolute Gasteiger partial charge is 0.294 e. The molecular weight excluding hydrogens is 314 g/mol. The highest BCUT2D eigenvalue weighted by atomic mass is 32.2. The number of rotatable bonds is 3. The van der Waals surface area contributed by atoms with E-state index in [0.29, 0.717) is 5.56 Å². The van der Waals surface area contributed by atoms with Gasteiger partial charge in [-0.15, -0.1) is 0 Å². The van der Waals surface area contributed by atoms with E-state index in [4.69, 9.17) is 4.55 Å². The third-order valence-corrected chi connectivity index (χ3v) is 4.27. The molecule has 0 bridgehead atoms. The zero-order valence-electron chi connectivity index (χ0n) is 11.9. The molecule has 0 spiro atoms. The molecule has 0 atom stereocenters. The lowest BCUT2D eigenvalue weighted by Gasteiger charge is -2.09. The van der Waals surface area contributed by atoms with Gasteiger partial charge in [0.2, 0.25) is 0 Å². The molecule has 1 amide bonds. The summed E-state index contributed by atoms with van der Waals surface area (Å²) in [6.07, 6.45) is 0. The highest BCUT2D eigenvalue weighted by molar-refractivity contribution is 7.85. The minimum Gasteiger partial charge on any atom is -0.322 e.